The van der Waals surface area contributed by atoms with E-state index in [-0.39, 0.29) is 11.2 Å². The van der Waals surface area contributed by atoms with Crippen molar-refractivity contribution in [1.29, 1.82) is 0 Å². The molecule has 1 rings (SSSR count). The van der Waals surface area contributed by atoms with E-state index in [1.165, 1.54) is 32.1 Å². The average molecular weight is 230 g/mol. The third kappa shape index (κ3) is 4.55. The Balaban J connectivity index is 2.29. The van der Waals surface area contributed by atoms with Gasteiger partial charge in [-0.2, -0.15) is 0 Å². The molecule has 0 saturated heterocycles. The predicted molar refractivity (Wildman–Crippen MR) is 61.7 cm³/mol. The maximum absolute atomic E-state index is 11.4. The van der Waals surface area contributed by atoms with Crippen LogP contribution in [0.5, 0.6) is 0 Å². The number of rotatable bonds is 3. The quantitative estimate of drug-likeness (QED) is 0.774. The van der Waals surface area contributed by atoms with E-state index < -0.39 is 6.03 Å². The summed E-state index contributed by atoms with van der Waals surface area (Å²) in [6.45, 7) is 1.82. The molecule has 0 aromatic rings. The van der Waals surface area contributed by atoms with Crippen molar-refractivity contribution in [2.75, 3.05) is 0 Å². The maximum Gasteiger partial charge on any atom is 0.318 e. The van der Waals surface area contributed by atoms with Crippen LogP contribution in [0.25, 0.3) is 0 Å². The molecule has 4 nitrogen and oxygen atoms in total. The van der Waals surface area contributed by atoms with E-state index in [1.54, 1.807) is 11.8 Å². The van der Waals surface area contributed by atoms with Gasteiger partial charge in [-0.1, -0.05) is 19.3 Å². The zero-order valence-corrected chi connectivity index (χ0v) is 9.81. The molecule has 5 heteroatoms. The Morgan fingerprint density at radius 3 is 2.47 bits per heavy atom. The molecular weight excluding hydrogens is 212 g/mol. The first-order valence-corrected chi connectivity index (χ1v) is 6.29. The van der Waals surface area contributed by atoms with Gasteiger partial charge in [0.1, 0.15) is 0 Å². The molecule has 0 spiro atoms. The SMILES string of the molecule is CC(SC1CCCCC1)C(=O)NC(N)=O. The summed E-state index contributed by atoms with van der Waals surface area (Å²) in [5, 5.41) is 2.48. The highest BCUT2D eigenvalue weighted by Crippen LogP contribution is 2.30. The third-order valence-electron chi connectivity index (χ3n) is 2.56. The summed E-state index contributed by atoms with van der Waals surface area (Å²) < 4.78 is 0. The fourth-order valence-electron chi connectivity index (χ4n) is 1.77. The lowest BCUT2D eigenvalue weighted by atomic mass is 10.0. The summed E-state index contributed by atoms with van der Waals surface area (Å²) >= 11 is 1.65. The van der Waals surface area contributed by atoms with Crippen molar-refractivity contribution in [3.05, 3.63) is 0 Å². The van der Waals surface area contributed by atoms with Crippen LogP contribution in [0.1, 0.15) is 39.0 Å². The summed E-state index contributed by atoms with van der Waals surface area (Å²) in [7, 11) is 0. The smallest absolute Gasteiger partial charge is 0.318 e. The molecule has 0 radical (unpaired) electrons. The fraction of sp³-hybridized carbons (Fsp3) is 0.800. The molecule has 1 aliphatic carbocycles. The Morgan fingerprint density at radius 2 is 1.93 bits per heavy atom. The summed E-state index contributed by atoms with van der Waals surface area (Å²) in [6.07, 6.45) is 6.17. The molecule has 1 saturated carbocycles. The van der Waals surface area contributed by atoms with E-state index in [1.807, 2.05) is 6.92 Å². The van der Waals surface area contributed by atoms with Crippen molar-refractivity contribution in [1.82, 2.24) is 5.32 Å². The number of nitrogens with one attached hydrogen (secondary N) is 1. The van der Waals surface area contributed by atoms with Gasteiger partial charge in [0, 0.05) is 5.25 Å². The van der Waals surface area contributed by atoms with Crippen LogP contribution in [-0.2, 0) is 4.79 Å². The van der Waals surface area contributed by atoms with Gasteiger partial charge in [0.05, 0.1) is 5.25 Å². The normalized spacial score (nSPS) is 19.5. The second-order valence-corrected chi connectivity index (χ2v) is 5.54. The first kappa shape index (κ1) is 12.4. The first-order valence-electron chi connectivity index (χ1n) is 5.35. The van der Waals surface area contributed by atoms with Gasteiger partial charge in [-0.15, -0.1) is 11.8 Å². The molecule has 0 bridgehead atoms. The van der Waals surface area contributed by atoms with E-state index in [0.717, 1.165) is 0 Å². The van der Waals surface area contributed by atoms with Crippen molar-refractivity contribution in [3.8, 4) is 0 Å². The minimum absolute atomic E-state index is 0.194. The Labute approximate surface area is 94.4 Å². The summed E-state index contributed by atoms with van der Waals surface area (Å²) in [5.74, 6) is -0.280. The monoisotopic (exact) mass is 230 g/mol. The highest BCUT2D eigenvalue weighted by atomic mass is 32.2. The Hall–Kier alpha value is -0.710. The topological polar surface area (TPSA) is 72.2 Å². The zero-order chi connectivity index (χ0) is 11.3. The molecule has 1 atom stereocenters. The van der Waals surface area contributed by atoms with E-state index in [0.29, 0.717) is 5.25 Å². The number of thioether (sulfide) groups is 1. The number of nitrogens with two attached hydrogens (primary N) is 1. The van der Waals surface area contributed by atoms with Crippen molar-refractivity contribution >= 4 is 23.7 Å². The van der Waals surface area contributed by atoms with Gasteiger partial charge in [0.25, 0.3) is 0 Å². The molecule has 15 heavy (non-hydrogen) atoms. The van der Waals surface area contributed by atoms with Crippen LogP contribution in [0.15, 0.2) is 0 Å². The molecule has 3 N–H and O–H groups in total. The van der Waals surface area contributed by atoms with E-state index >= 15 is 0 Å². The van der Waals surface area contributed by atoms with Crippen molar-refractivity contribution in [2.45, 2.75) is 49.5 Å². The van der Waals surface area contributed by atoms with E-state index in [2.05, 4.69) is 5.32 Å². The number of primary amides is 1. The summed E-state index contributed by atoms with van der Waals surface area (Å²) in [5.41, 5.74) is 4.88. The van der Waals surface area contributed by atoms with Crippen LogP contribution in [0.2, 0.25) is 0 Å². The third-order valence-corrected chi connectivity index (χ3v) is 4.04. The first-order chi connectivity index (χ1) is 7.09. The predicted octanol–water partition coefficient (Wildman–Crippen LogP) is 1.64. The van der Waals surface area contributed by atoms with Crippen LogP contribution in [0.4, 0.5) is 4.79 Å². The van der Waals surface area contributed by atoms with Gasteiger partial charge in [-0.05, 0) is 19.8 Å². The molecule has 86 valence electrons. The fourth-order valence-corrected chi connectivity index (χ4v) is 3.14. The Morgan fingerprint density at radius 1 is 1.33 bits per heavy atom. The van der Waals surface area contributed by atoms with Crippen molar-refractivity contribution < 1.29 is 9.59 Å². The molecule has 0 aliphatic heterocycles. The molecule has 0 heterocycles. The maximum atomic E-state index is 11.4. The van der Waals surface area contributed by atoms with E-state index in [9.17, 15) is 9.59 Å². The standard InChI is InChI=1S/C10H18N2O2S/c1-7(9(13)12-10(11)14)15-8-5-3-2-4-6-8/h7-8H,2-6H2,1H3,(H3,11,12,13,14). The summed E-state index contributed by atoms with van der Waals surface area (Å²) in [6, 6.07) is -0.768. The lowest BCUT2D eigenvalue weighted by Gasteiger charge is -2.23. The van der Waals surface area contributed by atoms with Crippen LogP contribution < -0.4 is 11.1 Å². The molecule has 1 unspecified atom stereocenters. The van der Waals surface area contributed by atoms with Crippen molar-refractivity contribution in [3.63, 3.8) is 0 Å². The highest BCUT2D eigenvalue weighted by molar-refractivity contribution is 8.01. The number of carbonyl (C=O) groups excluding carboxylic acids is 2. The number of urea groups is 1. The number of hydrogen-bond acceptors (Lipinski definition) is 3. The molecule has 1 aliphatic rings. The molecule has 3 amide bonds. The molecule has 1 fully saturated rings. The minimum Gasteiger partial charge on any atom is -0.351 e. The lowest BCUT2D eigenvalue weighted by molar-refractivity contribution is -0.119. The van der Waals surface area contributed by atoms with Gasteiger partial charge < -0.3 is 5.73 Å². The molecular formula is C10H18N2O2S. The minimum atomic E-state index is -0.768. The van der Waals surface area contributed by atoms with Crippen LogP contribution in [-0.4, -0.2) is 22.4 Å². The number of amides is 3. The second-order valence-electron chi connectivity index (χ2n) is 3.89. The van der Waals surface area contributed by atoms with E-state index in [4.69, 9.17) is 5.73 Å². The zero-order valence-electron chi connectivity index (χ0n) is 8.99. The Kier molecular flexibility index (Phi) is 4.94. The van der Waals surface area contributed by atoms with Crippen LogP contribution in [0.3, 0.4) is 0 Å². The molecule has 0 aromatic carbocycles. The number of carbonyl (C=O) groups is 2. The average Bonchev–Trinajstić information content (AvgIpc) is 2.18. The lowest BCUT2D eigenvalue weighted by Crippen LogP contribution is -2.40. The van der Waals surface area contributed by atoms with Gasteiger partial charge in [-0.3, -0.25) is 10.1 Å². The van der Waals surface area contributed by atoms with Gasteiger partial charge in [0.2, 0.25) is 5.91 Å². The number of hydrogen-bond donors (Lipinski definition) is 2. The van der Waals surface area contributed by atoms with Crippen LogP contribution >= 0.6 is 11.8 Å². The van der Waals surface area contributed by atoms with Crippen LogP contribution in [0, 0.1) is 0 Å². The largest absolute Gasteiger partial charge is 0.351 e. The Bertz CT molecular complexity index is 240. The summed E-state index contributed by atoms with van der Waals surface area (Å²) in [4.78, 5) is 21.9. The van der Waals surface area contributed by atoms with Gasteiger partial charge in [0.15, 0.2) is 0 Å². The van der Waals surface area contributed by atoms with Crippen molar-refractivity contribution in [2.24, 2.45) is 5.73 Å². The molecule has 0 aromatic heterocycles. The highest BCUT2D eigenvalue weighted by Gasteiger charge is 2.21. The second kappa shape index (κ2) is 6.00. The van der Waals surface area contributed by atoms with Gasteiger partial charge >= 0.3 is 6.03 Å². The van der Waals surface area contributed by atoms with Gasteiger partial charge in [-0.25, -0.2) is 4.79 Å². The number of imide groups is 1.